The molecule has 3 heterocycles. The molecule has 1 aliphatic rings. The third-order valence-corrected chi connectivity index (χ3v) is 7.44. The molecular formula is C29H33N5O2S. The van der Waals surface area contributed by atoms with Gasteiger partial charge in [-0.25, -0.2) is 9.97 Å². The first-order valence-electron chi connectivity index (χ1n) is 12.9. The molecule has 0 saturated carbocycles. The monoisotopic (exact) mass is 515 g/mol. The summed E-state index contributed by atoms with van der Waals surface area (Å²) in [6, 6.07) is 22.2. The van der Waals surface area contributed by atoms with E-state index in [0.29, 0.717) is 19.5 Å². The van der Waals surface area contributed by atoms with Crippen molar-refractivity contribution in [2.45, 2.75) is 19.4 Å². The van der Waals surface area contributed by atoms with E-state index in [9.17, 15) is 4.79 Å². The molecule has 1 N–H and O–H groups in total. The van der Waals surface area contributed by atoms with Crippen LogP contribution in [0.15, 0.2) is 72.1 Å². The maximum absolute atomic E-state index is 12.8. The van der Waals surface area contributed by atoms with Crippen molar-refractivity contribution in [3.05, 3.63) is 77.7 Å². The summed E-state index contributed by atoms with van der Waals surface area (Å²) in [5.74, 6) is 1.67. The number of amides is 1. The fourth-order valence-electron chi connectivity index (χ4n) is 4.57. The number of aromatic nitrogens is 2. The topological polar surface area (TPSA) is 70.6 Å². The van der Waals surface area contributed by atoms with Crippen molar-refractivity contribution in [1.29, 1.82) is 0 Å². The van der Waals surface area contributed by atoms with Crippen LogP contribution in [0.5, 0.6) is 0 Å². The van der Waals surface area contributed by atoms with Gasteiger partial charge in [0.05, 0.1) is 23.6 Å². The van der Waals surface area contributed by atoms with Gasteiger partial charge in [-0.15, -0.1) is 11.3 Å². The fraction of sp³-hybridized carbons (Fsp3) is 0.345. The Bertz CT molecular complexity index is 1280. The number of morpholine rings is 1. The molecule has 2 aromatic carbocycles. The molecule has 37 heavy (non-hydrogen) atoms. The first-order chi connectivity index (χ1) is 18.3. The van der Waals surface area contributed by atoms with Gasteiger partial charge >= 0.3 is 0 Å². The Kier molecular flexibility index (Phi) is 8.74. The quantitative estimate of drug-likeness (QED) is 0.315. The number of nitrogens with zero attached hydrogens (tertiary/aromatic N) is 4. The van der Waals surface area contributed by atoms with Gasteiger partial charge in [0.25, 0.3) is 0 Å². The van der Waals surface area contributed by atoms with Gasteiger partial charge in [-0.3, -0.25) is 9.69 Å². The van der Waals surface area contributed by atoms with Crippen LogP contribution >= 0.6 is 11.3 Å². The maximum atomic E-state index is 12.8. The van der Waals surface area contributed by atoms with Crippen LogP contribution in [-0.4, -0.2) is 66.7 Å². The van der Waals surface area contributed by atoms with E-state index in [1.165, 1.54) is 0 Å². The molecule has 0 radical (unpaired) electrons. The Balaban J connectivity index is 1.34. The van der Waals surface area contributed by atoms with E-state index < -0.39 is 0 Å². The molecule has 0 atom stereocenters. The molecule has 7 nitrogen and oxygen atoms in total. The van der Waals surface area contributed by atoms with Crippen LogP contribution in [0.2, 0.25) is 0 Å². The molecule has 0 unspecified atom stereocenters. The molecular weight excluding hydrogens is 482 g/mol. The Morgan fingerprint density at radius 1 is 0.973 bits per heavy atom. The van der Waals surface area contributed by atoms with E-state index in [1.54, 1.807) is 11.3 Å². The molecule has 5 rings (SSSR count). The van der Waals surface area contributed by atoms with Crippen molar-refractivity contribution >= 4 is 34.0 Å². The van der Waals surface area contributed by atoms with Crippen molar-refractivity contribution < 1.29 is 9.53 Å². The number of rotatable bonds is 11. The van der Waals surface area contributed by atoms with Crippen molar-refractivity contribution in [3.8, 4) is 10.7 Å². The van der Waals surface area contributed by atoms with Gasteiger partial charge in [-0.1, -0.05) is 48.5 Å². The number of carbonyl (C=O) groups excluding carboxylic acids is 1. The molecule has 192 valence electrons. The van der Waals surface area contributed by atoms with Gasteiger partial charge in [0.1, 0.15) is 5.82 Å². The summed E-state index contributed by atoms with van der Waals surface area (Å²) in [5, 5.41) is 6.12. The second-order valence-electron chi connectivity index (χ2n) is 9.17. The Morgan fingerprint density at radius 2 is 1.78 bits per heavy atom. The van der Waals surface area contributed by atoms with Gasteiger partial charge < -0.3 is 15.0 Å². The Hall–Kier alpha value is -3.33. The smallest absolute Gasteiger partial charge is 0.222 e. The molecule has 1 aliphatic heterocycles. The van der Waals surface area contributed by atoms with Crippen molar-refractivity contribution in [3.63, 3.8) is 0 Å². The molecule has 0 spiro atoms. The average molecular weight is 516 g/mol. The van der Waals surface area contributed by atoms with Crippen LogP contribution < -0.4 is 10.2 Å². The van der Waals surface area contributed by atoms with Gasteiger partial charge in [-0.05, 0) is 35.6 Å². The number of hydrogen-bond donors (Lipinski definition) is 1. The molecule has 2 aromatic heterocycles. The summed E-state index contributed by atoms with van der Waals surface area (Å²) in [7, 11) is 0. The average Bonchev–Trinajstić information content (AvgIpc) is 3.50. The van der Waals surface area contributed by atoms with E-state index >= 15 is 0 Å². The zero-order valence-electron chi connectivity index (χ0n) is 21.0. The minimum atomic E-state index is 0.0406. The minimum Gasteiger partial charge on any atom is -0.379 e. The summed E-state index contributed by atoms with van der Waals surface area (Å²) in [4.78, 5) is 28.4. The summed E-state index contributed by atoms with van der Waals surface area (Å²) in [5.41, 5.74) is 2.02. The number of nitrogens with one attached hydrogen (secondary N) is 1. The summed E-state index contributed by atoms with van der Waals surface area (Å²) >= 11 is 1.64. The maximum Gasteiger partial charge on any atom is 0.222 e. The van der Waals surface area contributed by atoms with Crippen LogP contribution in [0.3, 0.4) is 0 Å². The normalized spacial score (nSPS) is 14.1. The number of ether oxygens (including phenoxy) is 1. The molecule has 0 aliphatic carbocycles. The Morgan fingerprint density at radius 3 is 2.59 bits per heavy atom. The lowest BCUT2D eigenvalue weighted by atomic mass is 10.2. The summed E-state index contributed by atoms with van der Waals surface area (Å²) in [6.07, 6.45) is 1.38. The third-order valence-electron chi connectivity index (χ3n) is 6.57. The predicted octanol–water partition coefficient (Wildman–Crippen LogP) is 4.59. The lowest BCUT2D eigenvalue weighted by Gasteiger charge is -2.29. The number of hydrogen-bond acceptors (Lipinski definition) is 7. The molecule has 0 bridgehead atoms. The van der Waals surface area contributed by atoms with E-state index in [2.05, 4.69) is 27.2 Å². The highest BCUT2D eigenvalue weighted by Crippen LogP contribution is 2.29. The fourth-order valence-corrected chi connectivity index (χ4v) is 5.23. The SMILES string of the molecule is O=C(CCN(CCCN1CCOCC1)c1nc(-c2cccs2)nc2ccccc12)NCc1ccccc1. The van der Waals surface area contributed by atoms with Crippen molar-refractivity contribution in [1.82, 2.24) is 20.2 Å². The lowest BCUT2D eigenvalue weighted by molar-refractivity contribution is -0.121. The molecule has 8 heteroatoms. The van der Waals surface area contributed by atoms with E-state index in [-0.39, 0.29) is 5.91 Å². The summed E-state index contributed by atoms with van der Waals surface area (Å²) in [6.45, 7) is 6.49. The lowest BCUT2D eigenvalue weighted by Crippen LogP contribution is -2.39. The van der Waals surface area contributed by atoms with Gasteiger partial charge in [0.15, 0.2) is 5.82 Å². The largest absolute Gasteiger partial charge is 0.379 e. The molecule has 4 aromatic rings. The highest BCUT2D eigenvalue weighted by molar-refractivity contribution is 7.13. The molecule has 1 fully saturated rings. The van der Waals surface area contributed by atoms with Crippen LogP contribution in [0, 0.1) is 0 Å². The van der Waals surface area contributed by atoms with Crippen molar-refractivity contribution in [2.24, 2.45) is 0 Å². The van der Waals surface area contributed by atoms with Crippen LogP contribution in [0.4, 0.5) is 5.82 Å². The summed E-state index contributed by atoms with van der Waals surface area (Å²) < 4.78 is 5.50. The first kappa shape index (κ1) is 25.3. The number of thiophene rings is 1. The van der Waals surface area contributed by atoms with Crippen molar-refractivity contribution in [2.75, 3.05) is 50.8 Å². The van der Waals surface area contributed by atoms with E-state index in [1.807, 2.05) is 60.0 Å². The van der Waals surface area contributed by atoms with Crippen LogP contribution in [0.25, 0.3) is 21.6 Å². The van der Waals surface area contributed by atoms with Gasteiger partial charge in [0, 0.05) is 51.1 Å². The second kappa shape index (κ2) is 12.8. The standard InChI is InChI=1S/C29H33N5O2S/c35-27(30-22-23-8-2-1-3-9-23)13-16-34(15-7-14-33-17-19-36-20-18-33)29-24-10-4-5-11-25(24)31-28(32-29)26-12-6-21-37-26/h1-6,8-12,21H,7,13-20,22H2,(H,30,35). The molecule has 1 amide bonds. The Labute approximate surface area is 222 Å². The minimum absolute atomic E-state index is 0.0406. The zero-order chi connectivity index (χ0) is 25.3. The number of fused-ring (bicyclic) bond motifs is 1. The van der Waals surface area contributed by atoms with Gasteiger partial charge in [0.2, 0.25) is 5.91 Å². The number of anilines is 1. The van der Waals surface area contributed by atoms with E-state index in [0.717, 1.165) is 78.8 Å². The third kappa shape index (κ3) is 6.91. The predicted molar refractivity (Wildman–Crippen MR) is 150 cm³/mol. The number of carbonyl (C=O) groups is 1. The highest BCUT2D eigenvalue weighted by Gasteiger charge is 2.18. The highest BCUT2D eigenvalue weighted by atomic mass is 32.1. The zero-order valence-corrected chi connectivity index (χ0v) is 21.8. The number of para-hydroxylation sites is 1. The van der Waals surface area contributed by atoms with Gasteiger partial charge in [-0.2, -0.15) is 0 Å². The van der Waals surface area contributed by atoms with E-state index in [4.69, 9.17) is 14.7 Å². The number of benzene rings is 2. The van der Waals surface area contributed by atoms with Crippen LogP contribution in [0.1, 0.15) is 18.4 Å². The second-order valence-corrected chi connectivity index (χ2v) is 10.1. The first-order valence-corrected chi connectivity index (χ1v) is 13.8. The van der Waals surface area contributed by atoms with Crippen LogP contribution in [-0.2, 0) is 16.1 Å². The molecule has 1 saturated heterocycles.